The molecule has 0 aliphatic heterocycles. The van der Waals surface area contributed by atoms with Gasteiger partial charge in [-0.05, 0) is 19.1 Å². The minimum absolute atomic E-state index is 0.151. The van der Waals surface area contributed by atoms with Crippen molar-refractivity contribution in [1.82, 2.24) is 20.2 Å². The number of aromatic amines is 1. The summed E-state index contributed by atoms with van der Waals surface area (Å²) in [6.45, 7) is 6.21. The highest BCUT2D eigenvalue weighted by Crippen LogP contribution is 2.26. The van der Waals surface area contributed by atoms with E-state index in [0.29, 0.717) is 16.9 Å². The van der Waals surface area contributed by atoms with E-state index in [1.807, 2.05) is 25.1 Å². The molecule has 2 aromatic heterocycles. The second kappa shape index (κ2) is 9.06. The van der Waals surface area contributed by atoms with Gasteiger partial charge in [-0.25, -0.2) is 4.98 Å². The number of rotatable bonds is 9. The summed E-state index contributed by atoms with van der Waals surface area (Å²) in [5.74, 6) is 1.63. The summed E-state index contributed by atoms with van der Waals surface area (Å²) in [7, 11) is 0. The molecule has 0 aliphatic carbocycles. The Morgan fingerprint density at radius 1 is 1.42 bits per heavy atom. The summed E-state index contributed by atoms with van der Waals surface area (Å²) in [5, 5.41) is 11.9. The summed E-state index contributed by atoms with van der Waals surface area (Å²) < 4.78 is 6.28. The van der Waals surface area contributed by atoms with Gasteiger partial charge in [0.25, 0.3) is 0 Å². The summed E-state index contributed by atoms with van der Waals surface area (Å²) in [5.41, 5.74) is 1.72. The highest BCUT2D eigenvalue weighted by Gasteiger charge is 2.11. The highest BCUT2D eigenvalue weighted by molar-refractivity contribution is 8.01. The molecule has 0 atom stereocenters. The highest BCUT2D eigenvalue weighted by atomic mass is 32.2. The Bertz CT molecular complexity index is 908. The molecule has 0 aliphatic rings. The molecule has 2 N–H and O–H groups in total. The largest absolute Gasteiger partial charge is 0.494 e. The summed E-state index contributed by atoms with van der Waals surface area (Å²) >= 11 is 4.21. The maximum absolute atomic E-state index is 12.1. The van der Waals surface area contributed by atoms with Crippen molar-refractivity contribution >= 4 is 56.9 Å². The van der Waals surface area contributed by atoms with E-state index >= 15 is 0 Å². The molecule has 0 radical (unpaired) electrons. The summed E-state index contributed by atoms with van der Waals surface area (Å²) in [6, 6.07) is 5.68. The van der Waals surface area contributed by atoms with E-state index in [2.05, 4.69) is 32.1 Å². The zero-order valence-electron chi connectivity index (χ0n) is 14.0. The first-order valence-electron chi connectivity index (χ1n) is 7.80. The third-order valence-electron chi connectivity index (χ3n) is 3.06. The van der Waals surface area contributed by atoms with Gasteiger partial charge in [-0.3, -0.25) is 10.1 Å². The number of thioether (sulfide) groups is 2. The summed E-state index contributed by atoms with van der Waals surface area (Å²) in [4.78, 5) is 19.7. The van der Waals surface area contributed by atoms with Crippen molar-refractivity contribution in [2.24, 2.45) is 0 Å². The van der Waals surface area contributed by atoms with E-state index in [9.17, 15) is 4.79 Å². The number of amides is 1. The first kappa shape index (κ1) is 18.7. The van der Waals surface area contributed by atoms with Crippen molar-refractivity contribution in [2.75, 3.05) is 23.4 Å². The number of fused-ring (bicyclic) bond motifs is 1. The second-order valence-corrected chi connectivity index (χ2v) is 8.17. The lowest BCUT2D eigenvalue weighted by Gasteiger charge is -2.00. The average Bonchev–Trinajstić information content (AvgIpc) is 3.24. The number of anilines is 1. The number of hydrogen-bond acceptors (Lipinski definition) is 8. The van der Waals surface area contributed by atoms with Crippen LogP contribution in [0.4, 0.5) is 5.13 Å². The average molecular weight is 408 g/mol. The zero-order chi connectivity index (χ0) is 18.4. The Labute approximate surface area is 163 Å². The third kappa shape index (κ3) is 4.99. The Balaban J connectivity index is 1.54. The standard InChI is InChI=1S/C16H17N5O2S3/c1-3-7-24-16-21-20-15(26-16)19-13(22)9-25-14-17-11-6-5-10(23-4-2)8-12(11)18-14/h3,5-6,8H,1,4,7,9H2,2H3,(H,17,18)(H,19,20,22). The van der Waals surface area contributed by atoms with Gasteiger partial charge in [0, 0.05) is 11.8 Å². The van der Waals surface area contributed by atoms with Crippen LogP contribution >= 0.6 is 34.9 Å². The van der Waals surface area contributed by atoms with Gasteiger partial charge in [-0.2, -0.15) is 0 Å². The van der Waals surface area contributed by atoms with Crippen LogP contribution < -0.4 is 10.1 Å². The SMILES string of the molecule is C=CCSc1nnc(NC(=O)CSc2nc3ccc(OCC)cc3[nH]2)s1. The van der Waals surface area contributed by atoms with E-state index in [0.717, 1.165) is 26.9 Å². The van der Waals surface area contributed by atoms with Gasteiger partial charge in [0.1, 0.15) is 5.75 Å². The summed E-state index contributed by atoms with van der Waals surface area (Å²) in [6.07, 6.45) is 1.80. The molecule has 1 amide bonds. The van der Waals surface area contributed by atoms with Crippen molar-refractivity contribution in [3.63, 3.8) is 0 Å². The first-order valence-corrected chi connectivity index (χ1v) is 10.6. The van der Waals surface area contributed by atoms with E-state index < -0.39 is 0 Å². The second-order valence-electron chi connectivity index (χ2n) is 4.96. The van der Waals surface area contributed by atoms with Gasteiger partial charge in [-0.15, -0.1) is 16.8 Å². The fourth-order valence-electron chi connectivity index (χ4n) is 2.03. The molecule has 0 unspecified atom stereocenters. The Kier molecular flexibility index (Phi) is 6.53. The van der Waals surface area contributed by atoms with Crippen molar-refractivity contribution in [3.05, 3.63) is 30.9 Å². The molecule has 3 rings (SSSR count). The number of H-pyrrole nitrogens is 1. The van der Waals surface area contributed by atoms with Crippen LogP contribution in [0.3, 0.4) is 0 Å². The quantitative estimate of drug-likeness (QED) is 0.316. The lowest BCUT2D eigenvalue weighted by molar-refractivity contribution is -0.113. The lowest BCUT2D eigenvalue weighted by Crippen LogP contribution is -2.13. The number of nitrogens with zero attached hydrogens (tertiary/aromatic N) is 3. The van der Waals surface area contributed by atoms with Crippen LogP contribution in [0.5, 0.6) is 5.75 Å². The Hall–Kier alpha value is -2.04. The van der Waals surface area contributed by atoms with Crippen molar-refractivity contribution in [3.8, 4) is 5.75 Å². The molecular formula is C16H17N5O2S3. The minimum atomic E-state index is -0.151. The zero-order valence-corrected chi connectivity index (χ0v) is 16.5. The number of carbonyl (C=O) groups is 1. The molecule has 0 spiro atoms. The molecular weight excluding hydrogens is 390 g/mol. The van der Waals surface area contributed by atoms with Gasteiger partial charge >= 0.3 is 0 Å². The molecule has 1 aromatic carbocycles. The molecule has 26 heavy (non-hydrogen) atoms. The van der Waals surface area contributed by atoms with Crippen LogP contribution in [-0.4, -0.2) is 44.2 Å². The monoisotopic (exact) mass is 407 g/mol. The van der Waals surface area contributed by atoms with Gasteiger partial charge < -0.3 is 9.72 Å². The number of hydrogen-bond donors (Lipinski definition) is 2. The van der Waals surface area contributed by atoms with Crippen LogP contribution in [0.15, 0.2) is 40.4 Å². The maximum Gasteiger partial charge on any atom is 0.236 e. The van der Waals surface area contributed by atoms with Crippen molar-refractivity contribution in [2.45, 2.75) is 16.4 Å². The van der Waals surface area contributed by atoms with Crippen LogP contribution in [0.25, 0.3) is 11.0 Å². The predicted molar refractivity (Wildman–Crippen MR) is 107 cm³/mol. The van der Waals surface area contributed by atoms with Gasteiger partial charge in [0.15, 0.2) is 9.50 Å². The fraction of sp³-hybridized carbons (Fsp3) is 0.250. The Morgan fingerprint density at radius 3 is 3.12 bits per heavy atom. The smallest absolute Gasteiger partial charge is 0.236 e. The number of aromatic nitrogens is 4. The molecule has 0 fully saturated rings. The van der Waals surface area contributed by atoms with Crippen LogP contribution in [0.1, 0.15) is 6.92 Å². The number of carbonyl (C=O) groups excluding carboxylic acids is 1. The fourth-order valence-corrected chi connectivity index (χ4v) is 4.24. The van der Waals surface area contributed by atoms with Gasteiger partial charge in [-0.1, -0.05) is 40.9 Å². The van der Waals surface area contributed by atoms with Gasteiger partial charge in [0.05, 0.1) is 23.4 Å². The van der Waals surface area contributed by atoms with E-state index in [1.165, 1.54) is 34.9 Å². The molecule has 136 valence electrons. The van der Waals surface area contributed by atoms with E-state index in [-0.39, 0.29) is 11.7 Å². The molecule has 7 nitrogen and oxygen atoms in total. The molecule has 0 saturated carbocycles. The number of nitrogens with one attached hydrogen (secondary N) is 2. The topological polar surface area (TPSA) is 92.8 Å². The maximum atomic E-state index is 12.1. The third-order valence-corrected chi connectivity index (χ3v) is 5.90. The Morgan fingerprint density at radius 2 is 2.31 bits per heavy atom. The van der Waals surface area contributed by atoms with E-state index in [1.54, 1.807) is 6.08 Å². The number of imidazole rings is 1. The van der Waals surface area contributed by atoms with Crippen molar-refractivity contribution < 1.29 is 9.53 Å². The van der Waals surface area contributed by atoms with Crippen LogP contribution in [0.2, 0.25) is 0 Å². The first-order chi connectivity index (χ1) is 12.7. The van der Waals surface area contributed by atoms with E-state index in [4.69, 9.17) is 4.74 Å². The molecule has 10 heteroatoms. The van der Waals surface area contributed by atoms with Crippen molar-refractivity contribution in [1.29, 1.82) is 0 Å². The normalized spacial score (nSPS) is 10.8. The van der Waals surface area contributed by atoms with Crippen LogP contribution in [0, 0.1) is 0 Å². The lowest BCUT2D eigenvalue weighted by atomic mass is 10.3. The molecule has 0 bridgehead atoms. The number of ether oxygens (including phenoxy) is 1. The number of benzene rings is 1. The molecule has 2 heterocycles. The van der Waals surface area contributed by atoms with Gasteiger partial charge in [0.2, 0.25) is 11.0 Å². The van der Waals surface area contributed by atoms with Crippen LogP contribution in [-0.2, 0) is 4.79 Å². The predicted octanol–water partition coefficient (Wildman–Crippen LogP) is 3.82. The molecule has 3 aromatic rings. The molecule has 0 saturated heterocycles. The minimum Gasteiger partial charge on any atom is -0.494 e.